The lowest BCUT2D eigenvalue weighted by Gasteiger charge is -2.09. The van der Waals surface area contributed by atoms with Crippen LogP contribution in [0, 0.1) is 6.92 Å². The Morgan fingerprint density at radius 1 is 1.26 bits per heavy atom. The van der Waals surface area contributed by atoms with Crippen molar-refractivity contribution in [1.82, 2.24) is 14.4 Å². The fourth-order valence-electron chi connectivity index (χ4n) is 1.45. The summed E-state index contributed by atoms with van der Waals surface area (Å²) in [6, 6.07) is 7.69. The van der Waals surface area contributed by atoms with Crippen molar-refractivity contribution < 1.29 is 12.9 Å². The lowest BCUT2D eigenvalue weighted by atomic mass is 10.1. The van der Waals surface area contributed by atoms with Crippen molar-refractivity contribution in [1.29, 1.82) is 0 Å². The third-order valence-electron chi connectivity index (χ3n) is 2.70. The Balaban J connectivity index is 2.18. The third-order valence-corrected chi connectivity index (χ3v) is 3.96. The third kappa shape index (κ3) is 3.39. The largest absolute Gasteiger partial charge is 0.338 e. The smallest absolute Gasteiger partial charge is 0.242 e. The molecule has 0 amide bonds. The van der Waals surface area contributed by atoms with Gasteiger partial charge in [0, 0.05) is 12.6 Å². The molecule has 2 aromatic rings. The summed E-state index contributed by atoms with van der Waals surface area (Å²) in [6.45, 7) is 2.06. The number of hydrogen-bond donors (Lipinski definition) is 0. The van der Waals surface area contributed by atoms with Gasteiger partial charge in [-0.25, -0.2) is 8.42 Å². The summed E-state index contributed by atoms with van der Waals surface area (Å²) in [6.07, 6.45) is 1.13. The Kier molecular flexibility index (Phi) is 3.68. The highest BCUT2D eigenvalue weighted by Gasteiger charge is 2.16. The molecule has 1 aromatic heterocycles. The van der Waals surface area contributed by atoms with Crippen LogP contribution in [-0.2, 0) is 16.6 Å². The molecule has 0 saturated heterocycles. The van der Waals surface area contributed by atoms with Crippen molar-refractivity contribution in [2.75, 3.05) is 13.3 Å². The van der Waals surface area contributed by atoms with Crippen LogP contribution in [0.3, 0.4) is 0 Å². The molecule has 0 bridgehead atoms. The topological polar surface area (TPSA) is 76.3 Å². The maximum Gasteiger partial charge on any atom is 0.242 e. The Labute approximate surface area is 112 Å². The summed E-state index contributed by atoms with van der Waals surface area (Å²) in [5.74, 6) is 0.723. The normalized spacial score (nSPS) is 12.0. The predicted molar refractivity (Wildman–Crippen MR) is 70.8 cm³/mol. The van der Waals surface area contributed by atoms with Crippen LogP contribution in [0.5, 0.6) is 0 Å². The molecule has 102 valence electrons. The summed E-state index contributed by atoms with van der Waals surface area (Å²) in [7, 11) is -1.79. The van der Waals surface area contributed by atoms with E-state index in [2.05, 4.69) is 10.1 Å². The van der Waals surface area contributed by atoms with Crippen LogP contribution >= 0.6 is 0 Å². The molecule has 2 rings (SSSR count). The molecular formula is C12H15N3O3S. The van der Waals surface area contributed by atoms with E-state index < -0.39 is 10.0 Å². The molecule has 0 radical (unpaired) electrons. The van der Waals surface area contributed by atoms with Gasteiger partial charge in [-0.2, -0.15) is 9.29 Å². The van der Waals surface area contributed by atoms with E-state index in [1.54, 1.807) is 0 Å². The van der Waals surface area contributed by atoms with Gasteiger partial charge in [0.25, 0.3) is 0 Å². The second-order valence-corrected chi connectivity index (χ2v) is 6.49. The molecule has 0 atom stereocenters. The molecule has 0 spiro atoms. The Morgan fingerprint density at radius 3 is 2.47 bits per heavy atom. The summed E-state index contributed by atoms with van der Waals surface area (Å²) < 4.78 is 28.8. The molecule has 0 saturated carbocycles. The average Bonchev–Trinajstić information content (AvgIpc) is 2.77. The van der Waals surface area contributed by atoms with E-state index >= 15 is 0 Å². The number of rotatable bonds is 4. The molecule has 0 aliphatic rings. The summed E-state index contributed by atoms with van der Waals surface area (Å²) in [5.41, 5.74) is 1.98. The van der Waals surface area contributed by atoms with Crippen molar-refractivity contribution in [3.63, 3.8) is 0 Å². The molecule has 0 fully saturated rings. The zero-order valence-electron chi connectivity index (χ0n) is 11.0. The van der Waals surface area contributed by atoms with Crippen LogP contribution in [0.2, 0.25) is 0 Å². The predicted octanol–water partition coefficient (Wildman–Crippen LogP) is 1.44. The van der Waals surface area contributed by atoms with Crippen LogP contribution < -0.4 is 0 Å². The fraction of sp³-hybridized carbons (Fsp3) is 0.333. The summed E-state index contributed by atoms with van der Waals surface area (Å²) in [5, 5.41) is 3.84. The van der Waals surface area contributed by atoms with Crippen LogP contribution in [0.25, 0.3) is 11.4 Å². The minimum absolute atomic E-state index is 0.0672. The number of hydrogen-bond acceptors (Lipinski definition) is 5. The average molecular weight is 281 g/mol. The van der Waals surface area contributed by atoms with Gasteiger partial charge < -0.3 is 4.52 Å². The van der Waals surface area contributed by atoms with Gasteiger partial charge in [0.1, 0.15) is 0 Å². The second-order valence-electron chi connectivity index (χ2n) is 4.40. The van der Waals surface area contributed by atoms with E-state index in [1.165, 1.54) is 7.05 Å². The van der Waals surface area contributed by atoms with Gasteiger partial charge in [-0.1, -0.05) is 35.0 Å². The first-order valence-electron chi connectivity index (χ1n) is 5.67. The van der Waals surface area contributed by atoms with E-state index in [0.717, 1.165) is 21.7 Å². The van der Waals surface area contributed by atoms with Gasteiger partial charge in [-0.3, -0.25) is 0 Å². The highest BCUT2D eigenvalue weighted by molar-refractivity contribution is 7.88. The molecule has 0 aliphatic heterocycles. The first-order valence-corrected chi connectivity index (χ1v) is 7.52. The number of sulfonamides is 1. The van der Waals surface area contributed by atoms with Crippen LogP contribution in [0.1, 0.15) is 11.5 Å². The van der Waals surface area contributed by atoms with Crippen LogP contribution in [0.4, 0.5) is 0 Å². The SMILES string of the molecule is Cc1ccc(-c2noc(CN(C)S(C)(=O)=O)n2)cc1. The second kappa shape index (κ2) is 5.10. The molecule has 0 unspecified atom stereocenters. The zero-order valence-corrected chi connectivity index (χ0v) is 11.8. The minimum Gasteiger partial charge on any atom is -0.338 e. The van der Waals surface area contributed by atoms with Crippen LogP contribution in [-0.4, -0.2) is 36.2 Å². The van der Waals surface area contributed by atoms with Crippen molar-refractivity contribution in [2.24, 2.45) is 0 Å². The van der Waals surface area contributed by atoms with Gasteiger partial charge in [0.05, 0.1) is 12.8 Å². The fourth-order valence-corrected chi connectivity index (χ4v) is 1.79. The summed E-state index contributed by atoms with van der Waals surface area (Å²) >= 11 is 0. The Bertz CT molecular complexity index is 662. The molecule has 19 heavy (non-hydrogen) atoms. The van der Waals surface area contributed by atoms with Crippen molar-refractivity contribution in [3.8, 4) is 11.4 Å². The first kappa shape index (κ1) is 13.7. The maximum absolute atomic E-state index is 11.3. The van der Waals surface area contributed by atoms with E-state index in [9.17, 15) is 8.42 Å². The lowest BCUT2D eigenvalue weighted by molar-refractivity contribution is 0.337. The minimum atomic E-state index is -3.26. The van der Waals surface area contributed by atoms with Gasteiger partial charge in [-0.05, 0) is 6.92 Å². The number of aromatic nitrogens is 2. The molecule has 7 heteroatoms. The Morgan fingerprint density at radius 2 is 1.89 bits per heavy atom. The standard InChI is InChI=1S/C12H15N3O3S/c1-9-4-6-10(7-5-9)12-13-11(18-14-12)8-15(2)19(3,16)17/h4-7H,8H2,1-3H3. The number of benzene rings is 1. The quantitative estimate of drug-likeness (QED) is 0.847. The first-order chi connectivity index (χ1) is 8.86. The lowest BCUT2D eigenvalue weighted by Crippen LogP contribution is -2.25. The highest BCUT2D eigenvalue weighted by Crippen LogP contribution is 2.17. The van der Waals surface area contributed by atoms with Crippen molar-refractivity contribution >= 4 is 10.0 Å². The molecule has 0 aliphatic carbocycles. The molecular weight excluding hydrogens is 266 g/mol. The molecule has 0 N–H and O–H groups in total. The zero-order chi connectivity index (χ0) is 14.0. The van der Waals surface area contributed by atoms with E-state index in [-0.39, 0.29) is 12.4 Å². The maximum atomic E-state index is 11.3. The van der Waals surface area contributed by atoms with Gasteiger partial charge in [0.15, 0.2) is 0 Å². The monoisotopic (exact) mass is 281 g/mol. The van der Waals surface area contributed by atoms with Crippen molar-refractivity contribution in [3.05, 3.63) is 35.7 Å². The Hall–Kier alpha value is -1.73. The van der Waals surface area contributed by atoms with Crippen molar-refractivity contribution in [2.45, 2.75) is 13.5 Å². The summed E-state index contributed by atoms with van der Waals surface area (Å²) in [4.78, 5) is 4.18. The van der Waals surface area contributed by atoms with E-state index in [4.69, 9.17) is 4.52 Å². The molecule has 1 heterocycles. The highest BCUT2D eigenvalue weighted by atomic mass is 32.2. The van der Waals surface area contributed by atoms with Gasteiger partial charge >= 0.3 is 0 Å². The molecule has 6 nitrogen and oxygen atoms in total. The van der Waals surface area contributed by atoms with Gasteiger partial charge in [0.2, 0.25) is 21.7 Å². The number of nitrogens with zero attached hydrogens (tertiary/aromatic N) is 3. The number of aryl methyl sites for hydroxylation is 1. The van der Waals surface area contributed by atoms with Crippen LogP contribution in [0.15, 0.2) is 28.8 Å². The van der Waals surface area contributed by atoms with E-state index in [0.29, 0.717) is 5.82 Å². The van der Waals surface area contributed by atoms with E-state index in [1.807, 2.05) is 31.2 Å². The van der Waals surface area contributed by atoms with Gasteiger partial charge in [-0.15, -0.1) is 0 Å². The molecule has 1 aromatic carbocycles.